The molecule has 0 aliphatic rings. The third kappa shape index (κ3) is 183. The van der Waals surface area contributed by atoms with Crippen LogP contribution in [0.4, 0.5) is 0 Å². The molecule has 0 bridgehead atoms. The summed E-state index contributed by atoms with van der Waals surface area (Å²) in [6.45, 7) is 67.4. The molecule has 0 aromatic carbocycles. The molecule has 15 N–H and O–H groups in total. The Morgan fingerprint density at radius 1 is 0.282 bits per heavy atom. The Hall–Kier alpha value is -12.4. The van der Waals surface area contributed by atoms with Crippen molar-refractivity contribution in [3.63, 3.8) is 0 Å². The Balaban J connectivity index is -0.0000000937. The Morgan fingerprint density at radius 2 is 0.563 bits per heavy atom. The molecule has 142 heavy (non-hydrogen) atoms. The Bertz CT molecular complexity index is 3310. The summed E-state index contributed by atoms with van der Waals surface area (Å²) >= 11 is 0. The molecule has 45 nitrogen and oxygen atoms in total. The first-order valence-electron chi connectivity index (χ1n) is 43.5. The van der Waals surface area contributed by atoms with Gasteiger partial charge in [-0.3, -0.25) is 0 Å². The molecular weight excluding hydrogens is 1890 g/mol. The van der Waals surface area contributed by atoms with Gasteiger partial charge in [0.1, 0.15) is 38.6 Å². The van der Waals surface area contributed by atoms with Gasteiger partial charge < -0.3 is 148 Å². The third-order valence-corrected chi connectivity index (χ3v) is 12.7. The molecule has 0 fully saturated rings. The Kier molecular flexibility index (Phi) is 150. The van der Waals surface area contributed by atoms with Gasteiger partial charge in [0.15, 0.2) is 13.1 Å². The predicted octanol–water partition coefficient (Wildman–Crippen LogP) is 5.58. The molecule has 0 aromatic heterocycles. The van der Waals surface area contributed by atoms with Crippen LogP contribution in [0.15, 0.2) is 190 Å². The number of carbonyl (C=O) groups excluding carboxylic acids is 15. The van der Waals surface area contributed by atoms with Gasteiger partial charge in [0, 0.05) is 143 Å². The summed E-state index contributed by atoms with van der Waals surface area (Å²) in [5.74, 6) is -7.45. The maximum atomic E-state index is 10.5. The van der Waals surface area contributed by atoms with Crippen LogP contribution in [0.3, 0.4) is 0 Å². The first-order valence-corrected chi connectivity index (χ1v) is 43.5. The average molecular weight is 2050 g/mol. The number of esters is 15. The van der Waals surface area contributed by atoms with E-state index in [1.165, 1.54) is 13.8 Å². The van der Waals surface area contributed by atoms with Gasteiger partial charge in [-0.2, -0.15) is 0 Å². The van der Waals surface area contributed by atoms with Crippen molar-refractivity contribution in [2.75, 3.05) is 106 Å². The smallest absolute Gasteiger partial charge is 0.332 e. The molecule has 0 heterocycles. The fourth-order valence-electron chi connectivity index (χ4n) is 5.39. The maximum Gasteiger partial charge on any atom is 0.332 e. The highest BCUT2D eigenvalue weighted by Gasteiger charge is 2.15. The van der Waals surface area contributed by atoms with Crippen molar-refractivity contribution in [3.8, 4) is 0 Å². The van der Waals surface area contributed by atoms with Gasteiger partial charge in [0.25, 0.3) is 0 Å². The van der Waals surface area contributed by atoms with Crippen molar-refractivity contribution in [2.45, 2.75) is 234 Å². The SMILES string of the molecule is C=CC(=O)OC(C)C(C)O.C=CC(=O)OC(C)CO.C=CC(=O)OC(C)O.C=CC(=O)OC(O)CC.C=CC(=O)OC(O)CCC.C=CC(=O)OCC(C)(C)O.C=CC(=O)OCC(C)O.C=CC(=O)OCC(O)CC.C=CC(=O)OCCC(C)O.C=CC(=O)OCCCCCCO.C=CC(=O)OCCCCCO.C=CC(=O)OCCCCO.C=CC(=O)OCCCO.C=CC(=O)OCCO.C=CC(=O)OCO. The lowest BCUT2D eigenvalue weighted by atomic mass is 10.2. The van der Waals surface area contributed by atoms with Crippen LogP contribution in [-0.2, 0) is 143 Å². The minimum absolute atomic E-state index is 0.00213. The van der Waals surface area contributed by atoms with Crippen LogP contribution < -0.4 is 0 Å². The van der Waals surface area contributed by atoms with Gasteiger partial charge in [0.2, 0.25) is 12.6 Å². The summed E-state index contributed by atoms with van der Waals surface area (Å²) < 4.78 is 67.2. The van der Waals surface area contributed by atoms with E-state index in [1.54, 1.807) is 48.5 Å². The lowest BCUT2D eigenvalue weighted by Gasteiger charge is -2.15. The molecule has 0 rings (SSSR count). The van der Waals surface area contributed by atoms with Crippen molar-refractivity contribution in [1.82, 2.24) is 0 Å². The van der Waals surface area contributed by atoms with Crippen LogP contribution in [-0.4, -0.2) is 333 Å². The monoisotopic (exact) mass is 2050 g/mol. The molecule has 0 saturated carbocycles. The fraction of sp³-hybridized carbons (Fsp3) is 0.536. The average Bonchev–Trinajstić information content (AvgIpc) is 0.970. The standard InChI is InChI=1S/C9H16O3.C8H14O3.6C7H12O3.4C6H10O3.2C5H8O3.C4H6O3/c1-2-9(11)12-8-6-4-3-5-7-10;1-2-8(10)11-7-5-3-4-6-9;1-4-6(8)10-5-7(2,3)9;1-4-7(9)10-6(3)5(2)8;1-3-7(9)10-5-4-6(2)8;1-3-6(8)5-10-7(9)4-2;1-3-5-7(9)10-6(8)4-2;1-2-7(9)10-6-4-3-5-8;1-3-6(8)9-4-5(2)7;1-3-6(8)9-5(2)4-7;1-3-5(7)9-6(8)4-2;1-2-6(8)9-5-3-4-7;1-3-5(7)8-4(2)6;1-2-5(7)8-4-3-6;1-2-4(6)7-3-5/h2,10H,1,3-8H2;2,9H,1,3-7H2;4,9H,1,5H2,2-3H3;4-6,8H,1H2,2-3H3;3,6,8H,1,4-5H2,2H3;4,6,8H,2-3,5H2,1H3;4,7,9H,2-3,5H2,1H3;2,8H,1,3-6H2;2*3,5,7H,1,4H2,2H3;3,6,8H,1,4H2,2H3;2,7H,1,3-5H2;3-4,6H,1H2,2H3;2,6H,1,3-4H2;2,5H,1,3H2. The van der Waals surface area contributed by atoms with Crippen LogP contribution in [0.5, 0.6) is 0 Å². The van der Waals surface area contributed by atoms with Crippen LogP contribution >= 0.6 is 0 Å². The fourth-order valence-corrected chi connectivity index (χ4v) is 5.39. The summed E-state index contributed by atoms with van der Waals surface area (Å²) in [4.78, 5) is 155. The van der Waals surface area contributed by atoms with Gasteiger partial charge in [-0.15, -0.1) is 0 Å². The normalized spacial score (nSPS) is 10.9. The van der Waals surface area contributed by atoms with Crippen LogP contribution in [0, 0.1) is 0 Å². The summed E-state index contributed by atoms with van der Waals surface area (Å²) in [5, 5.41) is 128. The molecule has 0 aromatic rings. The molecule has 0 aliphatic carbocycles. The number of ether oxygens (including phenoxy) is 15. The first kappa shape index (κ1) is 163. The Labute approximate surface area is 835 Å². The van der Waals surface area contributed by atoms with E-state index in [-0.39, 0.29) is 91.2 Å². The molecular formula is C97H164O45. The molecule has 0 amide bonds. The quantitative estimate of drug-likeness (QED) is 0.0116. The minimum atomic E-state index is -1.04. The number of aliphatic hydroxyl groups excluding tert-OH is 14. The van der Waals surface area contributed by atoms with Crippen molar-refractivity contribution < 1.29 is 220 Å². The molecule has 822 valence electrons. The molecule has 0 saturated heterocycles. The zero-order valence-corrected chi connectivity index (χ0v) is 84.3. The highest BCUT2D eigenvalue weighted by Crippen LogP contribution is 2.04. The highest BCUT2D eigenvalue weighted by atomic mass is 16.7. The molecule has 9 unspecified atom stereocenters. The summed E-state index contributed by atoms with van der Waals surface area (Å²) in [6.07, 6.45) is 20.6. The van der Waals surface area contributed by atoms with Crippen LogP contribution in [0.1, 0.15) is 172 Å². The van der Waals surface area contributed by atoms with Gasteiger partial charge >= 0.3 is 89.5 Å². The van der Waals surface area contributed by atoms with Gasteiger partial charge in [-0.25, -0.2) is 71.9 Å². The van der Waals surface area contributed by atoms with E-state index in [0.29, 0.717) is 64.8 Å². The van der Waals surface area contributed by atoms with E-state index < -0.39 is 145 Å². The van der Waals surface area contributed by atoms with Crippen LogP contribution in [0.25, 0.3) is 0 Å². The number of carbonyl (C=O) groups is 15. The van der Waals surface area contributed by atoms with Crippen LogP contribution in [0.2, 0.25) is 0 Å². The molecule has 0 aliphatic heterocycles. The second-order valence-electron chi connectivity index (χ2n) is 26.4. The zero-order chi connectivity index (χ0) is 113. The molecule has 45 heteroatoms. The number of hydrogen-bond acceptors (Lipinski definition) is 45. The van der Waals surface area contributed by atoms with Gasteiger partial charge in [-0.1, -0.05) is 132 Å². The minimum Gasteiger partial charge on any atom is -0.463 e. The Morgan fingerprint density at radius 3 is 0.845 bits per heavy atom. The zero-order valence-electron chi connectivity index (χ0n) is 84.3. The van der Waals surface area contributed by atoms with E-state index in [4.69, 9.17) is 86.1 Å². The summed E-state index contributed by atoms with van der Waals surface area (Å²) in [5.41, 5.74) is -0.960. The second kappa shape index (κ2) is 131. The number of hydrogen-bond donors (Lipinski definition) is 15. The highest BCUT2D eigenvalue weighted by molar-refractivity contribution is 5.86. The molecule has 9 atom stereocenters. The van der Waals surface area contributed by atoms with E-state index in [0.717, 1.165) is 143 Å². The summed E-state index contributed by atoms with van der Waals surface area (Å²) in [6, 6.07) is 0. The van der Waals surface area contributed by atoms with E-state index in [1.807, 2.05) is 13.8 Å². The van der Waals surface area contributed by atoms with E-state index >= 15 is 0 Å². The number of unbranched alkanes of at least 4 members (excludes halogenated alkanes) is 6. The number of aliphatic hydroxyl groups is 15. The van der Waals surface area contributed by atoms with Crippen molar-refractivity contribution in [1.29, 1.82) is 0 Å². The molecule has 0 radical (unpaired) electrons. The third-order valence-electron chi connectivity index (χ3n) is 12.7. The van der Waals surface area contributed by atoms with E-state index in [2.05, 4.69) is 160 Å². The second-order valence-corrected chi connectivity index (χ2v) is 26.4. The number of rotatable bonds is 56. The lowest BCUT2D eigenvalue weighted by molar-refractivity contribution is -0.163. The van der Waals surface area contributed by atoms with Gasteiger partial charge in [0.05, 0.1) is 76.3 Å². The summed E-state index contributed by atoms with van der Waals surface area (Å²) in [7, 11) is 0. The van der Waals surface area contributed by atoms with Gasteiger partial charge in [-0.05, 0) is 113 Å². The topological polar surface area (TPSA) is 698 Å². The van der Waals surface area contributed by atoms with Crippen molar-refractivity contribution >= 4 is 89.5 Å². The predicted molar refractivity (Wildman–Crippen MR) is 524 cm³/mol. The maximum absolute atomic E-state index is 10.5. The molecule has 0 spiro atoms. The van der Waals surface area contributed by atoms with E-state index in [9.17, 15) is 71.9 Å². The largest absolute Gasteiger partial charge is 0.463 e. The van der Waals surface area contributed by atoms with Crippen molar-refractivity contribution in [2.24, 2.45) is 0 Å². The van der Waals surface area contributed by atoms with Crippen molar-refractivity contribution in [3.05, 3.63) is 190 Å². The first-order chi connectivity index (χ1) is 66.7. The lowest BCUT2D eigenvalue weighted by Crippen LogP contribution is -2.27.